The van der Waals surface area contributed by atoms with Crippen LogP contribution in [-0.2, 0) is 6.61 Å². The Bertz CT molecular complexity index is 687. The predicted octanol–water partition coefficient (Wildman–Crippen LogP) is 2.48. The first-order valence-corrected chi connectivity index (χ1v) is 5.96. The Morgan fingerprint density at radius 1 is 1.48 bits per heavy atom. The molecule has 2 aromatic rings. The number of carboxylic acid groups (broad SMARTS) is 1. The van der Waals surface area contributed by atoms with Gasteiger partial charge in [-0.05, 0) is 19.9 Å². The second-order valence-electron chi connectivity index (χ2n) is 4.33. The fraction of sp³-hybridized carbons (Fsp3) is 0.231. The van der Waals surface area contributed by atoms with Crippen molar-refractivity contribution >= 4 is 11.7 Å². The second kappa shape index (κ2) is 5.61. The van der Waals surface area contributed by atoms with Crippen LogP contribution < -0.4 is 4.74 Å². The van der Waals surface area contributed by atoms with Gasteiger partial charge in [-0.25, -0.2) is 4.79 Å². The molecule has 0 bridgehead atoms. The quantitative estimate of drug-likeness (QED) is 0.664. The number of nitro benzene ring substituents is 1. The zero-order valence-electron chi connectivity index (χ0n) is 11.3. The molecular formula is C13H12N2O6. The zero-order valence-corrected chi connectivity index (χ0v) is 11.3. The molecule has 1 heterocycles. The van der Waals surface area contributed by atoms with Crippen LogP contribution in [0.15, 0.2) is 22.7 Å². The molecule has 0 atom stereocenters. The fourth-order valence-corrected chi connectivity index (χ4v) is 1.78. The van der Waals surface area contributed by atoms with E-state index >= 15 is 0 Å². The average molecular weight is 292 g/mol. The van der Waals surface area contributed by atoms with Gasteiger partial charge in [-0.2, -0.15) is 0 Å². The topological polar surface area (TPSA) is 116 Å². The van der Waals surface area contributed by atoms with Gasteiger partial charge >= 0.3 is 5.97 Å². The first kappa shape index (κ1) is 14.5. The third-order valence-electron chi connectivity index (χ3n) is 2.96. The molecule has 0 radical (unpaired) electrons. The molecule has 0 saturated heterocycles. The van der Waals surface area contributed by atoms with E-state index in [2.05, 4.69) is 5.16 Å². The van der Waals surface area contributed by atoms with E-state index in [-0.39, 0.29) is 23.6 Å². The first-order valence-electron chi connectivity index (χ1n) is 5.96. The molecule has 0 saturated carbocycles. The number of carbonyl (C=O) groups is 1. The van der Waals surface area contributed by atoms with Gasteiger partial charge in [-0.15, -0.1) is 0 Å². The molecule has 1 aromatic heterocycles. The minimum absolute atomic E-state index is 0.0492. The number of hydrogen-bond donors (Lipinski definition) is 1. The van der Waals surface area contributed by atoms with Crippen molar-refractivity contribution < 1.29 is 24.1 Å². The highest BCUT2D eigenvalue weighted by atomic mass is 16.6. The molecule has 8 heteroatoms. The van der Waals surface area contributed by atoms with E-state index in [9.17, 15) is 14.9 Å². The van der Waals surface area contributed by atoms with E-state index in [0.29, 0.717) is 17.0 Å². The van der Waals surface area contributed by atoms with Crippen molar-refractivity contribution in [1.82, 2.24) is 5.16 Å². The van der Waals surface area contributed by atoms with Crippen LogP contribution in [0.1, 0.15) is 27.4 Å². The van der Waals surface area contributed by atoms with Crippen LogP contribution in [0, 0.1) is 24.0 Å². The number of nitrogens with zero attached hydrogens (tertiary/aromatic N) is 2. The van der Waals surface area contributed by atoms with E-state index in [1.54, 1.807) is 13.8 Å². The van der Waals surface area contributed by atoms with Gasteiger partial charge in [0.05, 0.1) is 16.2 Å². The number of aryl methyl sites for hydroxylation is 2. The van der Waals surface area contributed by atoms with Gasteiger partial charge in [0, 0.05) is 12.1 Å². The van der Waals surface area contributed by atoms with Crippen LogP contribution in [-0.4, -0.2) is 21.2 Å². The molecule has 0 spiro atoms. The molecule has 0 unspecified atom stereocenters. The largest absolute Gasteiger partial charge is 0.488 e. The summed E-state index contributed by atoms with van der Waals surface area (Å²) in [5.41, 5.74) is 0.782. The minimum atomic E-state index is -1.30. The average Bonchev–Trinajstić information content (AvgIpc) is 2.75. The number of aromatic carboxylic acids is 1. The van der Waals surface area contributed by atoms with Gasteiger partial charge in [-0.1, -0.05) is 5.16 Å². The molecule has 2 rings (SSSR count). The van der Waals surface area contributed by atoms with E-state index in [0.717, 1.165) is 6.07 Å². The van der Waals surface area contributed by atoms with Crippen LogP contribution in [0.2, 0.25) is 0 Å². The number of ether oxygens (including phenoxy) is 1. The number of nitro groups is 1. The van der Waals surface area contributed by atoms with Crippen molar-refractivity contribution in [3.8, 4) is 5.75 Å². The van der Waals surface area contributed by atoms with Gasteiger partial charge in [0.1, 0.15) is 23.7 Å². The summed E-state index contributed by atoms with van der Waals surface area (Å²) in [6, 6.07) is 3.42. The Morgan fingerprint density at radius 3 is 2.71 bits per heavy atom. The van der Waals surface area contributed by atoms with Crippen molar-refractivity contribution in [1.29, 1.82) is 0 Å². The normalized spacial score (nSPS) is 10.4. The van der Waals surface area contributed by atoms with Crippen LogP contribution in [0.25, 0.3) is 0 Å². The lowest BCUT2D eigenvalue weighted by Crippen LogP contribution is -2.05. The summed E-state index contributed by atoms with van der Waals surface area (Å²) in [5, 5.41) is 23.5. The van der Waals surface area contributed by atoms with Crippen molar-refractivity contribution in [2.75, 3.05) is 0 Å². The molecule has 0 aliphatic carbocycles. The summed E-state index contributed by atoms with van der Waals surface area (Å²) in [6.07, 6.45) is 0. The number of aromatic nitrogens is 1. The standard InChI is InChI=1S/C13H12N2O6/c1-7-11(8(2)21-14-7)6-20-12-4-3-9(15(18)19)5-10(12)13(16)17/h3-5H,6H2,1-2H3,(H,16,17). The molecule has 0 fully saturated rings. The summed E-state index contributed by atoms with van der Waals surface area (Å²) in [5.74, 6) is -0.674. The summed E-state index contributed by atoms with van der Waals surface area (Å²) in [6.45, 7) is 3.52. The summed E-state index contributed by atoms with van der Waals surface area (Å²) in [7, 11) is 0. The number of carboxylic acids is 1. The highest BCUT2D eigenvalue weighted by Gasteiger charge is 2.18. The smallest absolute Gasteiger partial charge is 0.339 e. The highest BCUT2D eigenvalue weighted by Crippen LogP contribution is 2.26. The van der Waals surface area contributed by atoms with E-state index in [1.807, 2.05) is 0 Å². The van der Waals surface area contributed by atoms with E-state index in [4.69, 9.17) is 14.4 Å². The highest BCUT2D eigenvalue weighted by molar-refractivity contribution is 5.91. The predicted molar refractivity (Wildman–Crippen MR) is 70.4 cm³/mol. The molecule has 8 nitrogen and oxygen atoms in total. The van der Waals surface area contributed by atoms with Gasteiger partial charge < -0.3 is 14.4 Å². The monoisotopic (exact) mass is 292 g/mol. The zero-order chi connectivity index (χ0) is 15.6. The number of non-ortho nitro benzene ring substituents is 1. The third kappa shape index (κ3) is 2.99. The summed E-state index contributed by atoms with van der Waals surface area (Å²) in [4.78, 5) is 21.2. The van der Waals surface area contributed by atoms with Gasteiger partial charge in [0.25, 0.3) is 5.69 Å². The molecule has 0 amide bonds. The number of benzene rings is 1. The first-order chi connectivity index (χ1) is 9.90. The summed E-state index contributed by atoms with van der Waals surface area (Å²) >= 11 is 0. The summed E-state index contributed by atoms with van der Waals surface area (Å²) < 4.78 is 10.4. The van der Waals surface area contributed by atoms with Crippen molar-refractivity contribution in [2.24, 2.45) is 0 Å². The fourth-order valence-electron chi connectivity index (χ4n) is 1.78. The molecule has 1 aromatic carbocycles. The maximum absolute atomic E-state index is 11.2. The molecule has 0 aliphatic rings. The Morgan fingerprint density at radius 2 is 2.19 bits per heavy atom. The Kier molecular flexibility index (Phi) is 3.88. The number of rotatable bonds is 5. The van der Waals surface area contributed by atoms with Crippen LogP contribution >= 0.6 is 0 Å². The lowest BCUT2D eigenvalue weighted by Gasteiger charge is -2.08. The van der Waals surface area contributed by atoms with Crippen molar-refractivity contribution in [3.63, 3.8) is 0 Å². The van der Waals surface area contributed by atoms with Crippen LogP contribution in [0.5, 0.6) is 5.75 Å². The lowest BCUT2D eigenvalue weighted by molar-refractivity contribution is -0.384. The van der Waals surface area contributed by atoms with Gasteiger partial charge in [-0.3, -0.25) is 10.1 Å². The maximum atomic E-state index is 11.2. The van der Waals surface area contributed by atoms with Crippen LogP contribution in [0.4, 0.5) is 5.69 Å². The molecular weight excluding hydrogens is 280 g/mol. The lowest BCUT2D eigenvalue weighted by atomic mass is 10.1. The van der Waals surface area contributed by atoms with E-state index in [1.165, 1.54) is 12.1 Å². The van der Waals surface area contributed by atoms with E-state index < -0.39 is 10.9 Å². The SMILES string of the molecule is Cc1noc(C)c1COc1ccc([N+](=O)[O-])cc1C(=O)O. The second-order valence-corrected chi connectivity index (χ2v) is 4.33. The van der Waals surface area contributed by atoms with Crippen LogP contribution in [0.3, 0.4) is 0 Å². The van der Waals surface area contributed by atoms with Crippen molar-refractivity contribution in [3.05, 3.63) is 50.9 Å². The van der Waals surface area contributed by atoms with Gasteiger partial charge in [0.15, 0.2) is 0 Å². The molecule has 21 heavy (non-hydrogen) atoms. The Balaban J connectivity index is 2.28. The Hall–Kier alpha value is -2.90. The molecule has 1 N–H and O–H groups in total. The molecule has 110 valence electrons. The minimum Gasteiger partial charge on any atom is -0.488 e. The van der Waals surface area contributed by atoms with Crippen molar-refractivity contribution in [2.45, 2.75) is 20.5 Å². The maximum Gasteiger partial charge on any atom is 0.339 e. The Labute approximate surface area is 119 Å². The number of hydrogen-bond acceptors (Lipinski definition) is 6. The van der Waals surface area contributed by atoms with Gasteiger partial charge in [0.2, 0.25) is 0 Å². The molecule has 0 aliphatic heterocycles. The third-order valence-corrected chi connectivity index (χ3v) is 2.96.